The topological polar surface area (TPSA) is 67.3 Å². The van der Waals surface area contributed by atoms with Crippen LogP contribution in [0.3, 0.4) is 0 Å². The zero-order valence-corrected chi connectivity index (χ0v) is 19.2. The summed E-state index contributed by atoms with van der Waals surface area (Å²) in [4.78, 5) is 17.3. The minimum Gasteiger partial charge on any atom is -0.299 e. The molecule has 0 N–H and O–H groups in total. The van der Waals surface area contributed by atoms with Gasteiger partial charge in [0.15, 0.2) is 0 Å². The first-order chi connectivity index (χ1) is 15.5. The Morgan fingerprint density at radius 3 is 2.62 bits per heavy atom. The van der Waals surface area contributed by atoms with E-state index in [2.05, 4.69) is 17.1 Å². The highest BCUT2D eigenvalue weighted by Gasteiger charge is 2.45. The number of fused-ring (bicyclic) bond motifs is 1. The van der Waals surface area contributed by atoms with Gasteiger partial charge in [0.25, 0.3) is 10.0 Å². The third-order valence-corrected chi connectivity index (χ3v) is 9.84. The highest BCUT2D eigenvalue weighted by Crippen LogP contribution is 2.46. The number of aromatic nitrogens is 1. The Morgan fingerprint density at radius 1 is 1.03 bits per heavy atom. The first-order valence-corrected chi connectivity index (χ1v) is 13.0. The number of carbonyl (C=O) groups excluding carboxylic acids is 1. The van der Waals surface area contributed by atoms with Crippen molar-refractivity contribution in [1.29, 1.82) is 0 Å². The second kappa shape index (κ2) is 8.39. The Labute approximate surface area is 192 Å². The number of hydrogen-bond acceptors (Lipinski definition) is 5. The molecule has 0 radical (unpaired) electrons. The van der Waals surface area contributed by atoms with Crippen LogP contribution in [0, 0.1) is 5.41 Å². The molecule has 0 saturated heterocycles. The van der Waals surface area contributed by atoms with Gasteiger partial charge in [-0.25, -0.2) is 8.42 Å². The molecule has 1 unspecified atom stereocenters. The van der Waals surface area contributed by atoms with E-state index in [4.69, 9.17) is 0 Å². The van der Waals surface area contributed by atoms with Gasteiger partial charge in [0.05, 0.1) is 10.6 Å². The van der Waals surface area contributed by atoms with Crippen LogP contribution in [0.4, 0.5) is 0 Å². The van der Waals surface area contributed by atoms with E-state index in [0.717, 1.165) is 22.6 Å². The maximum atomic E-state index is 13.6. The van der Waals surface area contributed by atoms with Gasteiger partial charge in [-0.2, -0.15) is 4.31 Å². The zero-order valence-electron chi connectivity index (χ0n) is 17.6. The third-order valence-electron chi connectivity index (χ3n) is 6.45. The number of pyridine rings is 1. The Bertz CT molecular complexity index is 1270. The fourth-order valence-corrected chi connectivity index (χ4v) is 7.67. The number of nitrogens with zero attached hydrogens (tertiary/aromatic N) is 2. The predicted molar refractivity (Wildman–Crippen MR) is 126 cm³/mol. The van der Waals surface area contributed by atoms with Crippen LogP contribution >= 0.6 is 11.3 Å². The van der Waals surface area contributed by atoms with Crippen LogP contribution in [-0.4, -0.2) is 36.6 Å². The van der Waals surface area contributed by atoms with E-state index in [9.17, 15) is 13.2 Å². The average Bonchev–Trinajstić information content (AvgIpc) is 3.32. The van der Waals surface area contributed by atoms with Crippen LogP contribution in [0.25, 0.3) is 10.6 Å². The van der Waals surface area contributed by atoms with Crippen LogP contribution in [-0.2, 0) is 21.2 Å². The summed E-state index contributed by atoms with van der Waals surface area (Å²) in [6.07, 6.45) is 6.04. The molecule has 5 nitrogen and oxygen atoms in total. The van der Waals surface area contributed by atoms with Gasteiger partial charge in [-0.05, 0) is 42.7 Å². The van der Waals surface area contributed by atoms with Crippen molar-refractivity contribution in [2.24, 2.45) is 5.41 Å². The molecule has 1 aliphatic heterocycles. The highest BCUT2D eigenvalue weighted by molar-refractivity contribution is 7.91. The number of ketones is 1. The van der Waals surface area contributed by atoms with Crippen LogP contribution in [0.15, 0.2) is 82.7 Å². The second-order valence-electron chi connectivity index (χ2n) is 8.52. The summed E-state index contributed by atoms with van der Waals surface area (Å²) in [6, 6.07) is 19.3. The van der Waals surface area contributed by atoms with E-state index in [0.29, 0.717) is 36.6 Å². The van der Waals surface area contributed by atoms with Crippen molar-refractivity contribution >= 4 is 27.1 Å². The van der Waals surface area contributed by atoms with Gasteiger partial charge in [0.2, 0.25) is 0 Å². The fourth-order valence-electron chi connectivity index (χ4n) is 4.77. The van der Waals surface area contributed by atoms with Crippen LogP contribution in [0.2, 0.25) is 0 Å². The molecule has 1 aromatic carbocycles. The Balaban J connectivity index is 1.47. The molecule has 5 rings (SSSR count). The molecular formula is C25H24N2O3S2. The minimum atomic E-state index is -3.65. The maximum absolute atomic E-state index is 13.6. The van der Waals surface area contributed by atoms with Gasteiger partial charge in [-0.15, -0.1) is 11.3 Å². The lowest BCUT2D eigenvalue weighted by atomic mass is 9.65. The molecule has 0 amide bonds. The molecule has 1 aliphatic carbocycles. The van der Waals surface area contributed by atoms with Crippen molar-refractivity contribution in [3.8, 4) is 10.6 Å². The maximum Gasteiger partial charge on any atom is 0.252 e. The van der Waals surface area contributed by atoms with Crippen molar-refractivity contribution in [2.45, 2.75) is 29.9 Å². The molecule has 1 atom stereocenters. The number of benzene rings is 1. The number of sulfonamides is 1. The van der Waals surface area contributed by atoms with Crippen molar-refractivity contribution in [2.75, 3.05) is 13.1 Å². The molecule has 7 heteroatoms. The van der Waals surface area contributed by atoms with E-state index >= 15 is 0 Å². The van der Waals surface area contributed by atoms with Crippen molar-refractivity contribution < 1.29 is 13.2 Å². The summed E-state index contributed by atoms with van der Waals surface area (Å²) in [7, 11) is -3.65. The van der Waals surface area contributed by atoms with Gasteiger partial charge >= 0.3 is 0 Å². The minimum absolute atomic E-state index is 0.245. The molecule has 3 heterocycles. The summed E-state index contributed by atoms with van der Waals surface area (Å²) in [6.45, 7) is 0.707. The van der Waals surface area contributed by atoms with Crippen molar-refractivity contribution in [3.63, 3.8) is 0 Å². The average molecular weight is 465 g/mol. The number of hydrogen-bond donors (Lipinski definition) is 0. The van der Waals surface area contributed by atoms with Crippen molar-refractivity contribution in [3.05, 3.63) is 84.1 Å². The Kier molecular flexibility index (Phi) is 5.57. The van der Waals surface area contributed by atoms with Crippen LogP contribution < -0.4 is 0 Å². The number of carbonyl (C=O) groups is 1. The van der Waals surface area contributed by atoms with E-state index in [-0.39, 0.29) is 11.2 Å². The summed E-state index contributed by atoms with van der Waals surface area (Å²) < 4.78 is 29.1. The van der Waals surface area contributed by atoms with Gasteiger partial charge < -0.3 is 0 Å². The molecule has 1 saturated carbocycles. The Hall–Kier alpha value is -2.61. The SMILES string of the molecule is O=C1CCC2(Cc3ccccc3)CN(S(=O)(=O)c3ccc(-c4ccccn4)s3)CC=C2C1. The monoisotopic (exact) mass is 464 g/mol. The van der Waals surface area contributed by atoms with E-state index in [1.807, 2.05) is 48.5 Å². The number of thiophene rings is 1. The first-order valence-electron chi connectivity index (χ1n) is 10.7. The molecule has 32 heavy (non-hydrogen) atoms. The fraction of sp³-hybridized carbons (Fsp3) is 0.280. The molecule has 164 valence electrons. The lowest BCUT2D eigenvalue weighted by Gasteiger charge is -2.45. The Morgan fingerprint density at radius 2 is 1.84 bits per heavy atom. The second-order valence-corrected chi connectivity index (χ2v) is 11.8. The van der Waals surface area contributed by atoms with Gasteiger partial charge in [-0.3, -0.25) is 9.78 Å². The van der Waals surface area contributed by atoms with E-state index in [1.165, 1.54) is 16.9 Å². The van der Waals surface area contributed by atoms with E-state index in [1.54, 1.807) is 16.6 Å². The lowest BCUT2D eigenvalue weighted by Crippen LogP contribution is -2.48. The molecule has 2 aliphatic rings. The first kappa shape index (κ1) is 21.2. The van der Waals surface area contributed by atoms with Crippen molar-refractivity contribution in [1.82, 2.24) is 9.29 Å². The summed E-state index contributed by atoms with van der Waals surface area (Å²) in [5, 5.41) is 0. The molecular weight excluding hydrogens is 440 g/mol. The van der Waals surface area contributed by atoms with Gasteiger partial charge in [-0.1, -0.05) is 48.0 Å². The largest absolute Gasteiger partial charge is 0.299 e. The molecule has 0 spiro atoms. The van der Waals surface area contributed by atoms with Gasteiger partial charge in [0.1, 0.15) is 9.99 Å². The standard InChI is InChI=1S/C25H24N2O3S2/c28-21-11-13-25(17-19-6-2-1-3-7-19)18-27(15-12-20(25)16-21)32(29,30)24-10-9-23(31-24)22-8-4-5-14-26-22/h1-10,12,14H,11,13,15-18H2. The number of Topliss-reactive ketones (excluding diaryl/α,β-unsaturated/α-hetero) is 1. The quantitative estimate of drug-likeness (QED) is 0.512. The lowest BCUT2D eigenvalue weighted by molar-refractivity contribution is -0.120. The van der Waals surface area contributed by atoms with Gasteiger partial charge in [0, 0.05) is 37.5 Å². The van der Waals surface area contributed by atoms with Crippen LogP contribution in [0.1, 0.15) is 24.8 Å². The molecule has 3 aromatic rings. The molecule has 2 aromatic heterocycles. The van der Waals surface area contributed by atoms with E-state index < -0.39 is 10.0 Å². The predicted octanol–water partition coefficient (Wildman–Crippen LogP) is 4.72. The summed E-state index contributed by atoms with van der Waals surface area (Å²) in [5.41, 5.74) is 2.71. The third kappa shape index (κ3) is 3.96. The normalized spacial score (nSPS) is 21.8. The highest BCUT2D eigenvalue weighted by atomic mass is 32.2. The van der Waals surface area contributed by atoms with Crippen LogP contribution in [0.5, 0.6) is 0 Å². The smallest absolute Gasteiger partial charge is 0.252 e. The molecule has 0 bridgehead atoms. The summed E-state index contributed by atoms with van der Waals surface area (Å²) >= 11 is 1.25. The molecule has 1 fully saturated rings. The number of rotatable bonds is 5. The zero-order chi connectivity index (χ0) is 22.2. The summed E-state index contributed by atoms with van der Waals surface area (Å²) in [5.74, 6) is 0.245.